The van der Waals surface area contributed by atoms with Crippen LogP contribution in [-0.4, -0.2) is 43.2 Å². The van der Waals surface area contributed by atoms with Crippen LogP contribution in [0.1, 0.15) is 24.2 Å². The van der Waals surface area contributed by atoms with Crippen LogP contribution in [0.4, 0.5) is 10.1 Å². The van der Waals surface area contributed by atoms with E-state index in [4.69, 9.17) is 15.2 Å². The van der Waals surface area contributed by atoms with Gasteiger partial charge in [-0.3, -0.25) is 4.79 Å². The van der Waals surface area contributed by atoms with Gasteiger partial charge in [-0.05, 0) is 26.0 Å². The van der Waals surface area contributed by atoms with Crippen molar-refractivity contribution in [2.24, 2.45) is 0 Å². The number of hydrogen-bond acceptors (Lipinski definition) is 4. The zero-order valence-electron chi connectivity index (χ0n) is 11.9. The molecule has 1 fully saturated rings. The lowest BCUT2D eigenvalue weighted by Gasteiger charge is -2.35. The van der Waals surface area contributed by atoms with E-state index < -0.39 is 5.82 Å². The number of carbonyl (C=O) groups excluding carboxylic acids is 1. The molecule has 0 bridgehead atoms. The first-order valence-corrected chi connectivity index (χ1v) is 6.50. The standard InChI is InChI=1S/C14H19FN2O3/c1-8-6-17(7-9(2)20-8)14(18)10-4-11(15)13(16)12(5-10)19-3/h4-5,8-9H,6-7,16H2,1-3H3/t8-,9+. The van der Waals surface area contributed by atoms with Crippen LogP contribution in [0.5, 0.6) is 5.75 Å². The van der Waals surface area contributed by atoms with Crippen molar-refractivity contribution in [1.82, 2.24) is 4.90 Å². The van der Waals surface area contributed by atoms with Crippen molar-refractivity contribution in [1.29, 1.82) is 0 Å². The highest BCUT2D eigenvalue weighted by molar-refractivity contribution is 5.95. The lowest BCUT2D eigenvalue weighted by Crippen LogP contribution is -2.48. The van der Waals surface area contributed by atoms with Crippen molar-refractivity contribution in [2.75, 3.05) is 25.9 Å². The smallest absolute Gasteiger partial charge is 0.254 e. The van der Waals surface area contributed by atoms with Gasteiger partial charge >= 0.3 is 0 Å². The van der Waals surface area contributed by atoms with Crippen molar-refractivity contribution in [3.05, 3.63) is 23.5 Å². The molecule has 1 aliphatic rings. The number of carbonyl (C=O) groups is 1. The first kappa shape index (κ1) is 14.6. The number of nitrogens with zero attached hydrogens (tertiary/aromatic N) is 1. The second-order valence-electron chi connectivity index (χ2n) is 5.04. The van der Waals surface area contributed by atoms with E-state index >= 15 is 0 Å². The second-order valence-corrected chi connectivity index (χ2v) is 5.04. The molecule has 1 saturated heterocycles. The summed E-state index contributed by atoms with van der Waals surface area (Å²) < 4.78 is 24.3. The Hall–Kier alpha value is -1.82. The number of halogens is 1. The summed E-state index contributed by atoms with van der Waals surface area (Å²) in [6.07, 6.45) is -0.0774. The Bertz CT molecular complexity index is 511. The Morgan fingerprint density at radius 3 is 2.55 bits per heavy atom. The molecule has 2 rings (SSSR count). The van der Waals surface area contributed by atoms with E-state index in [9.17, 15) is 9.18 Å². The van der Waals surface area contributed by atoms with Gasteiger partial charge in [0.05, 0.1) is 19.3 Å². The molecule has 1 aromatic carbocycles. The third-order valence-corrected chi connectivity index (χ3v) is 3.27. The maximum absolute atomic E-state index is 13.7. The van der Waals surface area contributed by atoms with Gasteiger partial charge in [-0.1, -0.05) is 0 Å². The lowest BCUT2D eigenvalue weighted by atomic mass is 10.1. The van der Waals surface area contributed by atoms with Gasteiger partial charge in [-0.25, -0.2) is 4.39 Å². The normalized spacial score (nSPS) is 22.7. The number of nitrogen functional groups attached to an aromatic ring is 1. The molecular weight excluding hydrogens is 263 g/mol. The maximum Gasteiger partial charge on any atom is 0.254 e. The fraction of sp³-hybridized carbons (Fsp3) is 0.500. The number of hydrogen-bond donors (Lipinski definition) is 1. The SMILES string of the molecule is COc1cc(C(=O)N2C[C@@H](C)O[C@@H](C)C2)cc(F)c1N. The summed E-state index contributed by atoms with van der Waals surface area (Å²) in [5, 5.41) is 0. The van der Waals surface area contributed by atoms with Gasteiger partial charge in [0.25, 0.3) is 5.91 Å². The van der Waals surface area contributed by atoms with E-state index in [0.717, 1.165) is 6.07 Å². The zero-order valence-corrected chi connectivity index (χ0v) is 11.9. The largest absolute Gasteiger partial charge is 0.494 e. The third kappa shape index (κ3) is 2.85. The molecule has 5 nitrogen and oxygen atoms in total. The number of morpholine rings is 1. The van der Waals surface area contributed by atoms with Gasteiger partial charge in [0.15, 0.2) is 5.82 Å². The molecule has 0 spiro atoms. The molecule has 110 valence electrons. The van der Waals surface area contributed by atoms with Crippen molar-refractivity contribution < 1.29 is 18.7 Å². The van der Waals surface area contributed by atoms with Crippen LogP contribution in [0.25, 0.3) is 0 Å². The molecule has 0 saturated carbocycles. The molecule has 2 N–H and O–H groups in total. The van der Waals surface area contributed by atoms with Crippen LogP contribution in [0.3, 0.4) is 0 Å². The first-order valence-electron chi connectivity index (χ1n) is 6.50. The molecule has 6 heteroatoms. The maximum atomic E-state index is 13.7. The van der Waals surface area contributed by atoms with Crippen LogP contribution in [-0.2, 0) is 4.74 Å². The Morgan fingerprint density at radius 1 is 1.40 bits per heavy atom. The molecule has 0 aromatic heterocycles. The van der Waals surface area contributed by atoms with E-state index in [2.05, 4.69) is 0 Å². The second kappa shape index (κ2) is 5.66. The predicted molar refractivity (Wildman–Crippen MR) is 73.3 cm³/mol. The molecular formula is C14H19FN2O3. The minimum absolute atomic E-state index is 0.0387. The zero-order chi connectivity index (χ0) is 14.9. The van der Waals surface area contributed by atoms with E-state index in [1.54, 1.807) is 4.90 Å². The number of rotatable bonds is 2. The first-order chi connectivity index (χ1) is 9.42. The highest BCUT2D eigenvalue weighted by atomic mass is 19.1. The fourth-order valence-corrected chi connectivity index (χ4v) is 2.41. The number of amides is 1. The van der Waals surface area contributed by atoms with E-state index in [1.165, 1.54) is 13.2 Å². The van der Waals surface area contributed by atoms with Crippen molar-refractivity contribution in [3.8, 4) is 5.75 Å². The fourth-order valence-electron chi connectivity index (χ4n) is 2.41. The molecule has 0 unspecified atom stereocenters. The summed E-state index contributed by atoms with van der Waals surface area (Å²) in [7, 11) is 1.39. The topological polar surface area (TPSA) is 64.8 Å². The molecule has 0 aliphatic carbocycles. The van der Waals surface area contributed by atoms with Crippen molar-refractivity contribution in [2.45, 2.75) is 26.1 Å². The average molecular weight is 282 g/mol. The molecule has 2 atom stereocenters. The lowest BCUT2D eigenvalue weighted by molar-refractivity contribution is -0.0586. The monoisotopic (exact) mass is 282 g/mol. The number of methoxy groups -OCH3 is 1. The number of ether oxygens (including phenoxy) is 2. The van der Waals surface area contributed by atoms with E-state index in [-0.39, 0.29) is 35.1 Å². The minimum Gasteiger partial charge on any atom is -0.494 e. The Labute approximate surface area is 117 Å². The summed E-state index contributed by atoms with van der Waals surface area (Å²) in [5.74, 6) is -0.728. The molecule has 1 amide bonds. The van der Waals surface area contributed by atoms with Crippen molar-refractivity contribution >= 4 is 11.6 Å². The van der Waals surface area contributed by atoms with Crippen LogP contribution < -0.4 is 10.5 Å². The highest BCUT2D eigenvalue weighted by Gasteiger charge is 2.27. The van der Waals surface area contributed by atoms with Crippen LogP contribution in [0, 0.1) is 5.82 Å². The predicted octanol–water partition coefficient (Wildman–Crippen LogP) is 1.67. The number of nitrogens with two attached hydrogens (primary N) is 1. The van der Waals surface area contributed by atoms with E-state index in [0.29, 0.717) is 13.1 Å². The van der Waals surface area contributed by atoms with Gasteiger partial charge in [-0.2, -0.15) is 0 Å². The summed E-state index contributed by atoms with van der Waals surface area (Å²) in [6, 6.07) is 2.61. The molecule has 1 heterocycles. The van der Waals surface area contributed by atoms with Gasteiger partial charge in [0.2, 0.25) is 0 Å². The van der Waals surface area contributed by atoms with E-state index in [1.807, 2.05) is 13.8 Å². The van der Waals surface area contributed by atoms with Crippen molar-refractivity contribution in [3.63, 3.8) is 0 Å². The minimum atomic E-state index is -0.651. The molecule has 1 aromatic rings. The highest BCUT2D eigenvalue weighted by Crippen LogP contribution is 2.27. The molecule has 1 aliphatic heterocycles. The van der Waals surface area contributed by atoms with Gasteiger partial charge in [0, 0.05) is 18.7 Å². The van der Waals surface area contributed by atoms with Crippen LogP contribution in [0.2, 0.25) is 0 Å². The Morgan fingerprint density at radius 2 is 2.00 bits per heavy atom. The third-order valence-electron chi connectivity index (χ3n) is 3.27. The van der Waals surface area contributed by atoms with Gasteiger partial charge in [0.1, 0.15) is 11.4 Å². The van der Waals surface area contributed by atoms with Gasteiger partial charge in [-0.15, -0.1) is 0 Å². The number of anilines is 1. The average Bonchev–Trinajstić information content (AvgIpc) is 2.39. The van der Waals surface area contributed by atoms with Crippen LogP contribution in [0.15, 0.2) is 12.1 Å². The quantitative estimate of drug-likeness (QED) is 0.838. The summed E-state index contributed by atoms with van der Waals surface area (Å²) in [4.78, 5) is 14.1. The molecule has 20 heavy (non-hydrogen) atoms. The Balaban J connectivity index is 2.27. The molecule has 0 radical (unpaired) electrons. The summed E-state index contributed by atoms with van der Waals surface area (Å²) in [6.45, 7) is 4.77. The summed E-state index contributed by atoms with van der Waals surface area (Å²) in [5.41, 5.74) is 5.68. The van der Waals surface area contributed by atoms with Crippen LogP contribution >= 0.6 is 0 Å². The Kier molecular flexibility index (Phi) is 4.13. The number of benzene rings is 1. The van der Waals surface area contributed by atoms with Gasteiger partial charge < -0.3 is 20.1 Å². The summed E-state index contributed by atoms with van der Waals surface area (Å²) >= 11 is 0.